The molecule has 0 amide bonds. The van der Waals surface area contributed by atoms with E-state index in [1.165, 1.54) is 31.5 Å². The minimum Gasteiger partial charge on any atom is -0.496 e. The molecule has 0 spiro atoms. The van der Waals surface area contributed by atoms with E-state index in [1.807, 2.05) is 6.07 Å². The second-order valence-corrected chi connectivity index (χ2v) is 5.80. The maximum absolute atomic E-state index is 5.75. The van der Waals surface area contributed by atoms with E-state index in [1.54, 1.807) is 7.11 Å². The lowest BCUT2D eigenvalue weighted by molar-refractivity contribution is 0.185. The third-order valence-corrected chi connectivity index (χ3v) is 4.03. The van der Waals surface area contributed by atoms with Crippen LogP contribution in [-0.4, -0.2) is 30.1 Å². The first-order chi connectivity index (χ1) is 9.10. The molecule has 1 heterocycles. The zero-order valence-corrected chi connectivity index (χ0v) is 12.5. The van der Waals surface area contributed by atoms with Gasteiger partial charge in [0.25, 0.3) is 0 Å². The van der Waals surface area contributed by atoms with Gasteiger partial charge >= 0.3 is 0 Å². The lowest BCUT2D eigenvalue weighted by Gasteiger charge is -2.30. The second kappa shape index (κ2) is 6.35. The average Bonchev–Trinajstić information content (AvgIpc) is 2.41. The molecule has 1 aliphatic heterocycles. The van der Waals surface area contributed by atoms with Gasteiger partial charge in [-0.2, -0.15) is 0 Å². The van der Waals surface area contributed by atoms with Crippen LogP contribution in [0.5, 0.6) is 5.75 Å². The van der Waals surface area contributed by atoms with Crippen molar-refractivity contribution in [3.05, 3.63) is 29.3 Å². The van der Waals surface area contributed by atoms with Crippen molar-refractivity contribution in [1.29, 1.82) is 0 Å². The summed E-state index contributed by atoms with van der Waals surface area (Å²) in [5, 5.41) is 0. The minimum absolute atomic E-state index is 0.394. The summed E-state index contributed by atoms with van der Waals surface area (Å²) in [6.07, 6.45) is 2.58. The highest BCUT2D eigenvalue weighted by molar-refractivity contribution is 7.80. The van der Waals surface area contributed by atoms with Crippen molar-refractivity contribution in [3.8, 4) is 5.75 Å². The number of hydrogen-bond donors (Lipinski definition) is 1. The number of piperidine rings is 1. The number of ether oxygens (including phenoxy) is 1. The van der Waals surface area contributed by atoms with Gasteiger partial charge in [0.1, 0.15) is 10.7 Å². The van der Waals surface area contributed by atoms with Crippen LogP contribution in [0.15, 0.2) is 18.2 Å². The molecule has 1 saturated heterocycles. The predicted molar refractivity (Wildman–Crippen MR) is 82.6 cm³/mol. The molecule has 104 valence electrons. The number of benzene rings is 1. The van der Waals surface area contributed by atoms with Crippen LogP contribution in [-0.2, 0) is 6.54 Å². The van der Waals surface area contributed by atoms with Crippen LogP contribution in [0.3, 0.4) is 0 Å². The molecule has 0 atom stereocenters. The Morgan fingerprint density at radius 1 is 1.42 bits per heavy atom. The quantitative estimate of drug-likeness (QED) is 0.859. The van der Waals surface area contributed by atoms with Gasteiger partial charge in [0.2, 0.25) is 0 Å². The lowest BCUT2D eigenvalue weighted by atomic mass is 9.98. The molecule has 1 aromatic rings. The molecule has 4 heteroatoms. The fraction of sp³-hybridized carbons (Fsp3) is 0.533. The number of thiocarbonyl (C=S) groups is 1. The van der Waals surface area contributed by atoms with E-state index in [4.69, 9.17) is 22.7 Å². The standard InChI is InChI=1S/C15H22N2OS/c1-11-5-7-17(8-6-11)10-12-3-4-14(18-2)13(9-12)15(16)19/h3-4,9,11H,5-8,10H2,1-2H3,(H2,16,19). The summed E-state index contributed by atoms with van der Waals surface area (Å²) in [5.74, 6) is 1.61. The Balaban J connectivity index is 2.08. The fourth-order valence-corrected chi connectivity index (χ4v) is 2.68. The first kappa shape index (κ1) is 14.3. The summed E-state index contributed by atoms with van der Waals surface area (Å²) >= 11 is 5.08. The largest absolute Gasteiger partial charge is 0.496 e. The summed E-state index contributed by atoms with van der Waals surface area (Å²) in [5.41, 5.74) is 7.83. The van der Waals surface area contributed by atoms with E-state index < -0.39 is 0 Å². The number of nitrogens with zero attached hydrogens (tertiary/aromatic N) is 1. The molecule has 0 unspecified atom stereocenters. The average molecular weight is 278 g/mol. The van der Waals surface area contributed by atoms with Crippen LogP contribution in [0.2, 0.25) is 0 Å². The zero-order valence-electron chi connectivity index (χ0n) is 11.7. The van der Waals surface area contributed by atoms with Crippen LogP contribution < -0.4 is 10.5 Å². The van der Waals surface area contributed by atoms with Gasteiger partial charge in [0.15, 0.2) is 0 Å². The highest BCUT2D eigenvalue weighted by Gasteiger charge is 2.16. The van der Waals surface area contributed by atoms with Gasteiger partial charge in [0, 0.05) is 6.54 Å². The maximum atomic E-state index is 5.75. The molecule has 0 aromatic heterocycles. The van der Waals surface area contributed by atoms with Gasteiger partial charge in [-0.1, -0.05) is 25.2 Å². The van der Waals surface area contributed by atoms with E-state index in [2.05, 4.69) is 24.0 Å². The van der Waals surface area contributed by atoms with Crippen LogP contribution in [0, 0.1) is 5.92 Å². The molecule has 1 fully saturated rings. The molecular formula is C15H22N2OS. The first-order valence-corrected chi connectivity index (χ1v) is 7.20. The molecule has 0 radical (unpaired) electrons. The van der Waals surface area contributed by atoms with E-state index >= 15 is 0 Å². The number of hydrogen-bond acceptors (Lipinski definition) is 3. The topological polar surface area (TPSA) is 38.5 Å². The fourth-order valence-electron chi connectivity index (χ4n) is 2.52. The number of nitrogens with two attached hydrogens (primary N) is 1. The van der Waals surface area contributed by atoms with Gasteiger partial charge < -0.3 is 10.5 Å². The van der Waals surface area contributed by atoms with Crippen molar-refractivity contribution in [2.45, 2.75) is 26.3 Å². The van der Waals surface area contributed by atoms with Gasteiger partial charge in [0.05, 0.1) is 12.7 Å². The molecule has 1 aliphatic rings. The zero-order chi connectivity index (χ0) is 13.8. The van der Waals surface area contributed by atoms with Crippen LogP contribution >= 0.6 is 12.2 Å². The van der Waals surface area contributed by atoms with E-state index in [0.29, 0.717) is 4.99 Å². The van der Waals surface area contributed by atoms with Crippen molar-refractivity contribution in [2.75, 3.05) is 20.2 Å². The third-order valence-electron chi connectivity index (χ3n) is 3.81. The first-order valence-electron chi connectivity index (χ1n) is 6.79. The summed E-state index contributed by atoms with van der Waals surface area (Å²) in [6.45, 7) is 5.65. The Morgan fingerprint density at radius 2 is 2.11 bits per heavy atom. The number of methoxy groups -OCH3 is 1. The summed E-state index contributed by atoms with van der Waals surface area (Å²) in [7, 11) is 1.64. The Morgan fingerprint density at radius 3 is 2.68 bits per heavy atom. The van der Waals surface area contributed by atoms with Crippen LogP contribution in [0.4, 0.5) is 0 Å². The smallest absolute Gasteiger partial charge is 0.129 e. The molecule has 3 nitrogen and oxygen atoms in total. The van der Waals surface area contributed by atoms with Crippen molar-refractivity contribution >= 4 is 17.2 Å². The Kier molecular flexibility index (Phi) is 4.77. The number of rotatable bonds is 4. The molecule has 2 N–H and O–H groups in total. The van der Waals surface area contributed by atoms with Gasteiger partial charge in [-0.05, 0) is 49.5 Å². The Hall–Kier alpha value is -1.13. The molecule has 0 bridgehead atoms. The summed E-state index contributed by atoms with van der Waals surface area (Å²) in [6, 6.07) is 6.11. The van der Waals surface area contributed by atoms with Crippen LogP contribution in [0.25, 0.3) is 0 Å². The third kappa shape index (κ3) is 3.67. The summed E-state index contributed by atoms with van der Waals surface area (Å²) in [4.78, 5) is 2.89. The van der Waals surface area contributed by atoms with Crippen molar-refractivity contribution < 1.29 is 4.74 Å². The normalized spacial score (nSPS) is 17.4. The molecule has 0 aliphatic carbocycles. The Bertz CT molecular complexity index is 453. The van der Waals surface area contributed by atoms with Crippen molar-refractivity contribution in [3.63, 3.8) is 0 Å². The van der Waals surface area contributed by atoms with E-state index in [0.717, 1.165) is 23.8 Å². The van der Waals surface area contributed by atoms with Crippen molar-refractivity contribution in [2.24, 2.45) is 11.7 Å². The van der Waals surface area contributed by atoms with Gasteiger partial charge in [-0.3, -0.25) is 4.90 Å². The molecule has 2 rings (SSSR count). The van der Waals surface area contributed by atoms with Crippen molar-refractivity contribution in [1.82, 2.24) is 4.90 Å². The lowest BCUT2D eigenvalue weighted by Crippen LogP contribution is -2.32. The Labute approximate surface area is 120 Å². The molecule has 19 heavy (non-hydrogen) atoms. The SMILES string of the molecule is COc1ccc(CN2CCC(C)CC2)cc1C(N)=S. The van der Waals surface area contributed by atoms with Gasteiger partial charge in [-0.15, -0.1) is 0 Å². The molecular weight excluding hydrogens is 256 g/mol. The monoisotopic (exact) mass is 278 g/mol. The van der Waals surface area contributed by atoms with Crippen LogP contribution in [0.1, 0.15) is 30.9 Å². The van der Waals surface area contributed by atoms with E-state index in [9.17, 15) is 0 Å². The minimum atomic E-state index is 0.394. The highest BCUT2D eigenvalue weighted by atomic mass is 32.1. The molecule has 0 saturated carbocycles. The highest BCUT2D eigenvalue weighted by Crippen LogP contribution is 2.22. The predicted octanol–water partition coefficient (Wildman–Crippen LogP) is 2.56. The maximum Gasteiger partial charge on any atom is 0.129 e. The summed E-state index contributed by atoms with van der Waals surface area (Å²) < 4.78 is 5.28. The number of likely N-dealkylation sites (tertiary alicyclic amines) is 1. The molecule has 1 aromatic carbocycles. The second-order valence-electron chi connectivity index (χ2n) is 5.36. The van der Waals surface area contributed by atoms with Gasteiger partial charge in [-0.25, -0.2) is 0 Å². The van der Waals surface area contributed by atoms with E-state index in [-0.39, 0.29) is 0 Å².